The number of nitrogens with zero attached hydrogens (tertiary/aromatic N) is 1. The highest BCUT2D eigenvalue weighted by molar-refractivity contribution is 4.93. The number of nitrogens with two attached hydrogens (primary N) is 2. The van der Waals surface area contributed by atoms with Crippen LogP contribution in [0.4, 0.5) is 0 Å². The van der Waals surface area contributed by atoms with Gasteiger partial charge in [0.05, 0.1) is 0 Å². The molecule has 0 spiro atoms. The Morgan fingerprint density at radius 2 is 1.67 bits per heavy atom. The molecule has 9 heavy (non-hydrogen) atoms. The van der Waals surface area contributed by atoms with Gasteiger partial charge >= 0.3 is 0 Å². The molecule has 1 rings (SSSR count). The van der Waals surface area contributed by atoms with E-state index in [1.807, 2.05) is 24.5 Å². The van der Waals surface area contributed by atoms with E-state index in [0.29, 0.717) is 0 Å². The van der Waals surface area contributed by atoms with Crippen LogP contribution in [0.2, 0.25) is 0 Å². The van der Waals surface area contributed by atoms with Crippen LogP contribution in [0.15, 0.2) is 24.5 Å². The Hall–Kier alpha value is -0.800. The molecular formula is C6H11N3. The van der Waals surface area contributed by atoms with Crippen molar-refractivity contribution in [3.8, 4) is 0 Å². The Bertz CT molecular complexity index is 171. The van der Waals surface area contributed by atoms with Gasteiger partial charge in [-0.15, -0.1) is 0 Å². The van der Waals surface area contributed by atoms with E-state index in [9.17, 15) is 0 Å². The quantitative estimate of drug-likeness (QED) is 0.520. The molecule has 0 amide bonds. The molecule has 0 bridgehead atoms. The molecule has 0 saturated heterocycles. The van der Waals surface area contributed by atoms with E-state index < -0.39 is 5.79 Å². The van der Waals surface area contributed by atoms with Crippen molar-refractivity contribution in [1.29, 1.82) is 0 Å². The Morgan fingerprint density at radius 3 is 1.89 bits per heavy atom. The molecule has 0 aliphatic rings. The average molecular weight is 125 g/mol. The molecule has 4 N–H and O–H groups in total. The highest BCUT2D eigenvalue weighted by Gasteiger charge is 2.09. The van der Waals surface area contributed by atoms with Crippen LogP contribution in [0.5, 0.6) is 0 Å². The minimum absolute atomic E-state index is 0.760. The zero-order chi connectivity index (χ0) is 6.91. The van der Waals surface area contributed by atoms with E-state index in [4.69, 9.17) is 11.5 Å². The van der Waals surface area contributed by atoms with Crippen molar-refractivity contribution >= 4 is 0 Å². The Kier molecular flexibility index (Phi) is 1.31. The molecule has 0 unspecified atom stereocenters. The lowest BCUT2D eigenvalue weighted by molar-refractivity contribution is 0.348. The summed E-state index contributed by atoms with van der Waals surface area (Å²) in [6, 6.07) is 3.77. The van der Waals surface area contributed by atoms with Gasteiger partial charge in [0, 0.05) is 12.4 Å². The SMILES string of the molecule is CC(N)(N)n1cccc1. The normalized spacial score (nSPS) is 11.9. The molecule has 0 aliphatic carbocycles. The van der Waals surface area contributed by atoms with E-state index in [2.05, 4.69) is 0 Å². The molecule has 50 valence electrons. The summed E-state index contributed by atoms with van der Waals surface area (Å²) in [6.45, 7) is 1.74. The molecule has 3 nitrogen and oxygen atoms in total. The average Bonchev–Trinajstić information content (AvgIpc) is 2.08. The van der Waals surface area contributed by atoms with Crippen molar-refractivity contribution in [3.05, 3.63) is 24.5 Å². The van der Waals surface area contributed by atoms with Crippen LogP contribution in [0.25, 0.3) is 0 Å². The van der Waals surface area contributed by atoms with Gasteiger partial charge in [-0.25, -0.2) is 0 Å². The van der Waals surface area contributed by atoms with Gasteiger partial charge in [0.2, 0.25) is 0 Å². The third-order valence-corrected chi connectivity index (χ3v) is 1.16. The Labute approximate surface area is 54.3 Å². The highest BCUT2D eigenvalue weighted by Crippen LogP contribution is 1.99. The van der Waals surface area contributed by atoms with Crippen molar-refractivity contribution in [3.63, 3.8) is 0 Å². The van der Waals surface area contributed by atoms with Crippen molar-refractivity contribution in [1.82, 2.24) is 4.57 Å². The van der Waals surface area contributed by atoms with Crippen LogP contribution >= 0.6 is 0 Å². The fraction of sp³-hybridized carbons (Fsp3) is 0.333. The predicted molar refractivity (Wildman–Crippen MR) is 36.5 cm³/mol. The second kappa shape index (κ2) is 1.86. The molecule has 3 heteroatoms. The molecule has 0 atom stereocenters. The molecule has 0 aromatic carbocycles. The van der Waals surface area contributed by atoms with E-state index in [1.165, 1.54) is 0 Å². The summed E-state index contributed by atoms with van der Waals surface area (Å²) in [5.41, 5.74) is 11.1. The van der Waals surface area contributed by atoms with Crippen LogP contribution in [-0.2, 0) is 5.79 Å². The zero-order valence-electron chi connectivity index (χ0n) is 5.41. The second-order valence-electron chi connectivity index (χ2n) is 2.32. The van der Waals surface area contributed by atoms with Gasteiger partial charge in [-0.3, -0.25) is 11.5 Å². The van der Waals surface area contributed by atoms with Crippen LogP contribution in [0, 0.1) is 0 Å². The van der Waals surface area contributed by atoms with E-state index in [1.54, 1.807) is 11.5 Å². The zero-order valence-corrected chi connectivity index (χ0v) is 5.41. The van der Waals surface area contributed by atoms with Crippen LogP contribution in [0.3, 0.4) is 0 Å². The van der Waals surface area contributed by atoms with Crippen LogP contribution in [-0.4, -0.2) is 4.57 Å². The Morgan fingerprint density at radius 1 is 1.22 bits per heavy atom. The minimum atomic E-state index is -0.760. The minimum Gasteiger partial charge on any atom is -0.324 e. The predicted octanol–water partition coefficient (Wildman–Crippen LogP) is 0.0357. The third-order valence-electron chi connectivity index (χ3n) is 1.16. The smallest absolute Gasteiger partial charge is 0.141 e. The van der Waals surface area contributed by atoms with Crippen molar-refractivity contribution in [2.45, 2.75) is 12.7 Å². The highest BCUT2D eigenvalue weighted by atomic mass is 15.2. The largest absolute Gasteiger partial charge is 0.324 e. The Balaban J connectivity index is 2.90. The fourth-order valence-corrected chi connectivity index (χ4v) is 0.656. The van der Waals surface area contributed by atoms with Gasteiger partial charge in [0.15, 0.2) is 0 Å². The molecule has 0 fully saturated rings. The van der Waals surface area contributed by atoms with Gasteiger partial charge < -0.3 is 4.57 Å². The summed E-state index contributed by atoms with van der Waals surface area (Å²) >= 11 is 0. The summed E-state index contributed by atoms with van der Waals surface area (Å²) in [5, 5.41) is 0. The summed E-state index contributed by atoms with van der Waals surface area (Å²) in [7, 11) is 0. The van der Waals surface area contributed by atoms with Gasteiger partial charge in [0.1, 0.15) is 5.79 Å². The standard InChI is InChI=1S/C6H11N3/c1-6(7,8)9-4-2-3-5-9/h2-5H,7-8H2,1H3. The van der Waals surface area contributed by atoms with Crippen molar-refractivity contribution in [2.24, 2.45) is 11.5 Å². The molecule has 0 radical (unpaired) electrons. The van der Waals surface area contributed by atoms with E-state index in [0.717, 1.165) is 0 Å². The van der Waals surface area contributed by atoms with Crippen LogP contribution < -0.4 is 11.5 Å². The fourth-order valence-electron chi connectivity index (χ4n) is 0.656. The maximum atomic E-state index is 5.54. The molecule has 0 aliphatic heterocycles. The first-order valence-corrected chi connectivity index (χ1v) is 2.82. The first-order valence-electron chi connectivity index (χ1n) is 2.82. The van der Waals surface area contributed by atoms with Gasteiger partial charge in [-0.1, -0.05) is 0 Å². The van der Waals surface area contributed by atoms with Crippen molar-refractivity contribution in [2.75, 3.05) is 0 Å². The van der Waals surface area contributed by atoms with Crippen molar-refractivity contribution < 1.29 is 0 Å². The van der Waals surface area contributed by atoms with Gasteiger partial charge in [-0.05, 0) is 19.1 Å². The van der Waals surface area contributed by atoms with E-state index >= 15 is 0 Å². The topological polar surface area (TPSA) is 57.0 Å². The summed E-state index contributed by atoms with van der Waals surface area (Å²) < 4.78 is 1.74. The second-order valence-corrected chi connectivity index (χ2v) is 2.32. The number of hydrogen-bond acceptors (Lipinski definition) is 2. The maximum absolute atomic E-state index is 5.54. The monoisotopic (exact) mass is 125 g/mol. The summed E-state index contributed by atoms with van der Waals surface area (Å²) in [4.78, 5) is 0. The maximum Gasteiger partial charge on any atom is 0.141 e. The summed E-state index contributed by atoms with van der Waals surface area (Å²) in [5.74, 6) is -0.760. The lowest BCUT2D eigenvalue weighted by Crippen LogP contribution is -2.47. The number of hydrogen-bond donors (Lipinski definition) is 2. The third kappa shape index (κ3) is 1.31. The lowest BCUT2D eigenvalue weighted by Gasteiger charge is -2.20. The van der Waals surface area contributed by atoms with E-state index in [-0.39, 0.29) is 0 Å². The van der Waals surface area contributed by atoms with Gasteiger partial charge in [-0.2, -0.15) is 0 Å². The number of aromatic nitrogens is 1. The molecule has 0 saturated carbocycles. The molecule has 1 aromatic rings. The molecule has 1 heterocycles. The summed E-state index contributed by atoms with van der Waals surface area (Å²) in [6.07, 6.45) is 3.67. The molecule has 1 aromatic heterocycles. The van der Waals surface area contributed by atoms with Gasteiger partial charge in [0.25, 0.3) is 0 Å². The van der Waals surface area contributed by atoms with Crippen LogP contribution in [0.1, 0.15) is 6.92 Å². The first-order chi connectivity index (χ1) is 4.11. The number of rotatable bonds is 1. The molecular weight excluding hydrogens is 114 g/mol. The first kappa shape index (κ1) is 6.32. The lowest BCUT2D eigenvalue weighted by atomic mass is 10.4.